The van der Waals surface area contributed by atoms with Crippen LogP contribution in [0.5, 0.6) is 0 Å². The smallest absolute Gasteiger partial charge is 0.289 e. The van der Waals surface area contributed by atoms with Gasteiger partial charge < -0.3 is 0 Å². The Morgan fingerprint density at radius 2 is 2.06 bits per heavy atom. The molecule has 17 heavy (non-hydrogen) atoms. The fraction of sp³-hybridized carbons (Fsp3) is 0.545. The van der Waals surface area contributed by atoms with Gasteiger partial charge in [0.2, 0.25) is 0 Å². The topological polar surface area (TPSA) is 16.1 Å². The number of alkyl halides is 3. The number of pyridine rings is 1. The van der Waals surface area contributed by atoms with E-state index in [-0.39, 0.29) is 6.54 Å². The molecule has 1 aromatic rings. The third-order valence-corrected chi connectivity index (χ3v) is 2.31. The van der Waals surface area contributed by atoms with Crippen LogP contribution in [0.2, 0.25) is 5.15 Å². The summed E-state index contributed by atoms with van der Waals surface area (Å²) >= 11 is 5.69. The molecule has 1 rings (SSSR count). The first-order valence-corrected chi connectivity index (χ1v) is 5.69. The molecule has 0 aliphatic carbocycles. The molecule has 0 saturated carbocycles. The molecule has 0 saturated heterocycles. The van der Waals surface area contributed by atoms with Gasteiger partial charge in [-0.1, -0.05) is 24.6 Å². The minimum atomic E-state index is -4.19. The molecule has 0 unspecified atom stereocenters. The lowest BCUT2D eigenvalue weighted by Crippen LogP contribution is -2.34. The van der Waals surface area contributed by atoms with E-state index in [0.717, 1.165) is 0 Å². The van der Waals surface area contributed by atoms with Crippen molar-refractivity contribution in [2.75, 3.05) is 13.1 Å². The molecule has 0 aromatic carbocycles. The molecule has 1 heterocycles. The Hall–Kier alpha value is -0.810. The quantitative estimate of drug-likeness (QED) is 0.758. The van der Waals surface area contributed by atoms with Crippen LogP contribution in [-0.4, -0.2) is 29.1 Å². The lowest BCUT2D eigenvalue weighted by atomic mass is 10.3. The average molecular weight is 267 g/mol. The van der Waals surface area contributed by atoms with Gasteiger partial charge in [0, 0.05) is 6.54 Å². The van der Waals surface area contributed by atoms with E-state index >= 15 is 0 Å². The first-order valence-electron chi connectivity index (χ1n) is 5.31. The number of hydrogen-bond acceptors (Lipinski definition) is 2. The summed E-state index contributed by atoms with van der Waals surface area (Å²) in [4.78, 5) is 5.30. The van der Waals surface area contributed by atoms with E-state index in [0.29, 0.717) is 23.8 Å². The molecule has 2 nitrogen and oxygen atoms in total. The summed E-state index contributed by atoms with van der Waals surface area (Å²) in [5.74, 6) is 0. The fourth-order valence-corrected chi connectivity index (χ4v) is 1.73. The van der Waals surface area contributed by atoms with Crippen molar-refractivity contribution in [2.24, 2.45) is 0 Å². The number of halogens is 4. The molecule has 0 N–H and O–H groups in total. The molecule has 0 atom stereocenters. The lowest BCUT2D eigenvalue weighted by molar-refractivity contribution is -0.147. The monoisotopic (exact) mass is 266 g/mol. The zero-order valence-corrected chi connectivity index (χ0v) is 10.2. The van der Waals surface area contributed by atoms with E-state index in [4.69, 9.17) is 11.6 Å². The van der Waals surface area contributed by atoms with Crippen LogP contribution >= 0.6 is 11.6 Å². The summed E-state index contributed by atoms with van der Waals surface area (Å²) in [7, 11) is 0. The Bertz CT molecular complexity index is 355. The zero-order chi connectivity index (χ0) is 12.9. The molecule has 0 aliphatic rings. The van der Waals surface area contributed by atoms with Gasteiger partial charge >= 0.3 is 6.18 Å². The predicted octanol–water partition coefficient (Wildman–Crippen LogP) is 3.51. The second-order valence-corrected chi connectivity index (χ2v) is 4.16. The van der Waals surface area contributed by atoms with Crippen LogP contribution < -0.4 is 0 Å². The van der Waals surface area contributed by atoms with Crippen molar-refractivity contribution in [1.82, 2.24) is 9.88 Å². The van der Waals surface area contributed by atoms with Gasteiger partial charge in [0.25, 0.3) is 0 Å². The highest BCUT2D eigenvalue weighted by Gasteiger charge is 2.30. The number of nitrogens with zero attached hydrogens (tertiary/aromatic N) is 2. The maximum Gasteiger partial charge on any atom is 0.401 e. The summed E-state index contributed by atoms with van der Waals surface area (Å²) in [5, 5.41) is 0.297. The molecule has 0 radical (unpaired) electrons. The minimum Gasteiger partial charge on any atom is -0.289 e. The van der Waals surface area contributed by atoms with Crippen LogP contribution in [0.4, 0.5) is 13.2 Å². The molecular weight excluding hydrogens is 253 g/mol. The highest BCUT2D eigenvalue weighted by atomic mass is 35.5. The summed E-state index contributed by atoms with van der Waals surface area (Å²) in [6, 6.07) is 4.95. The van der Waals surface area contributed by atoms with Crippen molar-refractivity contribution in [2.45, 2.75) is 26.1 Å². The van der Waals surface area contributed by atoms with Crippen LogP contribution in [0.1, 0.15) is 19.0 Å². The molecule has 0 spiro atoms. The second-order valence-electron chi connectivity index (χ2n) is 3.78. The van der Waals surface area contributed by atoms with Crippen molar-refractivity contribution < 1.29 is 13.2 Å². The minimum absolute atomic E-state index is 0.161. The summed E-state index contributed by atoms with van der Waals surface area (Å²) in [6.07, 6.45) is -3.52. The molecule has 96 valence electrons. The van der Waals surface area contributed by atoms with Gasteiger partial charge in [-0.2, -0.15) is 13.2 Å². The Morgan fingerprint density at radius 3 is 2.59 bits per heavy atom. The predicted molar refractivity (Wildman–Crippen MR) is 60.9 cm³/mol. The highest BCUT2D eigenvalue weighted by molar-refractivity contribution is 6.29. The third kappa shape index (κ3) is 5.89. The zero-order valence-electron chi connectivity index (χ0n) is 9.47. The van der Waals surface area contributed by atoms with Crippen LogP contribution in [0, 0.1) is 0 Å². The van der Waals surface area contributed by atoms with Crippen molar-refractivity contribution in [1.29, 1.82) is 0 Å². The molecule has 1 aromatic heterocycles. The fourth-order valence-electron chi connectivity index (χ4n) is 1.55. The van der Waals surface area contributed by atoms with E-state index in [1.165, 1.54) is 4.90 Å². The summed E-state index contributed by atoms with van der Waals surface area (Å²) < 4.78 is 37.0. The number of rotatable bonds is 5. The first kappa shape index (κ1) is 14.3. The maximum absolute atomic E-state index is 12.3. The van der Waals surface area contributed by atoms with Gasteiger partial charge in [-0.15, -0.1) is 0 Å². The first-order chi connectivity index (χ1) is 7.90. The molecule has 0 aliphatic heterocycles. The van der Waals surface area contributed by atoms with Gasteiger partial charge in [0.1, 0.15) is 5.15 Å². The standard InChI is InChI=1S/C11H14ClF3N2/c1-2-6-17(8-11(13,14)15)7-9-4-3-5-10(12)16-9/h3-5H,2,6-8H2,1H3. The van der Waals surface area contributed by atoms with E-state index in [1.54, 1.807) is 18.2 Å². The molecular formula is C11H14ClF3N2. The number of aromatic nitrogens is 1. The number of hydrogen-bond donors (Lipinski definition) is 0. The third-order valence-electron chi connectivity index (χ3n) is 2.10. The summed E-state index contributed by atoms with van der Waals surface area (Å²) in [6.45, 7) is 1.46. The van der Waals surface area contributed by atoms with Crippen molar-refractivity contribution in [3.8, 4) is 0 Å². The SMILES string of the molecule is CCCN(Cc1cccc(Cl)n1)CC(F)(F)F. The Balaban J connectivity index is 2.66. The van der Waals surface area contributed by atoms with E-state index < -0.39 is 12.7 Å². The van der Waals surface area contributed by atoms with Crippen LogP contribution in [0.25, 0.3) is 0 Å². The van der Waals surface area contributed by atoms with Crippen LogP contribution in [-0.2, 0) is 6.54 Å². The van der Waals surface area contributed by atoms with Gasteiger partial charge in [-0.25, -0.2) is 4.98 Å². The van der Waals surface area contributed by atoms with Gasteiger partial charge in [-0.05, 0) is 25.1 Å². The summed E-state index contributed by atoms with van der Waals surface area (Å²) in [5.41, 5.74) is 0.551. The molecule has 0 amide bonds. The van der Waals surface area contributed by atoms with Crippen LogP contribution in [0.15, 0.2) is 18.2 Å². The Labute approximate surface area is 103 Å². The average Bonchev–Trinajstić information content (AvgIpc) is 2.15. The normalized spacial score (nSPS) is 12.1. The van der Waals surface area contributed by atoms with Crippen molar-refractivity contribution in [3.05, 3.63) is 29.0 Å². The second kappa shape index (κ2) is 6.21. The Morgan fingerprint density at radius 1 is 1.35 bits per heavy atom. The molecule has 0 fully saturated rings. The van der Waals surface area contributed by atoms with Gasteiger partial charge in [-0.3, -0.25) is 4.90 Å². The maximum atomic E-state index is 12.3. The van der Waals surface area contributed by atoms with E-state index in [9.17, 15) is 13.2 Å². The van der Waals surface area contributed by atoms with E-state index in [1.807, 2.05) is 6.92 Å². The molecule has 0 bridgehead atoms. The van der Waals surface area contributed by atoms with Gasteiger partial charge in [0.05, 0.1) is 12.2 Å². The van der Waals surface area contributed by atoms with Gasteiger partial charge in [0.15, 0.2) is 0 Å². The molecule has 6 heteroatoms. The largest absolute Gasteiger partial charge is 0.401 e. The highest BCUT2D eigenvalue weighted by Crippen LogP contribution is 2.18. The van der Waals surface area contributed by atoms with Crippen molar-refractivity contribution in [3.63, 3.8) is 0 Å². The van der Waals surface area contributed by atoms with E-state index in [2.05, 4.69) is 4.98 Å². The van der Waals surface area contributed by atoms with Crippen molar-refractivity contribution >= 4 is 11.6 Å². The Kier molecular flexibility index (Phi) is 5.21. The lowest BCUT2D eigenvalue weighted by Gasteiger charge is -2.22. The van der Waals surface area contributed by atoms with Crippen LogP contribution in [0.3, 0.4) is 0 Å².